The minimum absolute atomic E-state index is 0.0610. The first-order chi connectivity index (χ1) is 13.7. The standard InChI is InChI=1S/C22H26N2O4S/c1-15-10-16(2)12-20(11-15)29(27,28)24(8-5-9-25)14-19-13-18-7-4-6-17(3)21(18)23-22(19)26/h4,6-7,10-13,25H,5,8-9,14H2,1-3H3,(H,23,26). The van der Waals surface area contributed by atoms with Gasteiger partial charge in [0.25, 0.3) is 5.56 Å². The third-order valence-electron chi connectivity index (χ3n) is 4.91. The van der Waals surface area contributed by atoms with Crippen LogP contribution in [-0.4, -0.2) is 36.0 Å². The number of aromatic amines is 1. The van der Waals surface area contributed by atoms with E-state index in [0.717, 1.165) is 27.6 Å². The van der Waals surface area contributed by atoms with Gasteiger partial charge in [0.15, 0.2) is 0 Å². The normalized spacial score (nSPS) is 12.0. The summed E-state index contributed by atoms with van der Waals surface area (Å²) < 4.78 is 27.9. The number of sulfonamides is 1. The zero-order chi connectivity index (χ0) is 21.2. The lowest BCUT2D eigenvalue weighted by Crippen LogP contribution is -2.34. The molecule has 0 radical (unpaired) electrons. The highest BCUT2D eigenvalue weighted by atomic mass is 32.2. The summed E-state index contributed by atoms with van der Waals surface area (Å²) in [7, 11) is -3.83. The molecule has 0 aliphatic rings. The van der Waals surface area contributed by atoms with Gasteiger partial charge in [0, 0.05) is 25.3 Å². The molecule has 0 fully saturated rings. The van der Waals surface area contributed by atoms with Crippen LogP contribution in [0.1, 0.15) is 28.7 Å². The van der Waals surface area contributed by atoms with Crippen LogP contribution in [-0.2, 0) is 16.6 Å². The molecule has 2 N–H and O–H groups in total. The highest BCUT2D eigenvalue weighted by Crippen LogP contribution is 2.22. The first-order valence-corrected chi connectivity index (χ1v) is 11.0. The molecule has 0 bridgehead atoms. The molecule has 0 atom stereocenters. The summed E-state index contributed by atoms with van der Waals surface area (Å²) in [5.41, 5.74) is 3.46. The number of fused-ring (bicyclic) bond motifs is 1. The summed E-state index contributed by atoms with van der Waals surface area (Å²) in [4.78, 5) is 15.7. The van der Waals surface area contributed by atoms with Crippen LogP contribution in [0.4, 0.5) is 0 Å². The van der Waals surface area contributed by atoms with Gasteiger partial charge in [-0.3, -0.25) is 4.79 Å². The molecule has 154 valence electrons. The molecular formula is C22H26N2O4S. The van der Waals surface area contributed by atoms with E-state index in [1.807, 2.05) is 45.0 Å². The van der Waals surface area contributed by atoms with E-state index in [2.05, 4.69) is 4.98 Å². The first-order valence-electron chi connectivity index (χ1n) is 9.53. The second kappa shape index (κ2) is 8.49. The minimum Gasteiger partial charge on any atom is -0.396 e. The van der Waals surface area contributed by atoms with E-state index in [4.69, 9.17) is 0 Å². The Morgan fingerprint density at radius 1 is 1.03 bits per heavy atom. The van der Waals surface area contributed by atoms with Crippen LogP contribution in [0, 0.1) is 20.8 Å². The number of rotatable bonds is 7. The molecule has 3 aromatic rings. The number of nitrogens with zero attached hydrogens (tertiary/aromatic N) is 1. The van der Waals surface area contributed by atoms with E-state index in [9.17, 15) is 18.3 Å². The van der Waals surface area contributed by atoms with Gasteiger partial charge in [0.2, 0.25) is 10.0 Å². The van der Waals surface area contributed by atoms with E-state index in [0.29, 0.717) is 5.56 Å². The molecule has 0 saturated heterocycles. The summed E-state index contributed by atoms with van der Waals surface area (Å²) >= 11 is 0. The van der Waals surface area contributed by atoms with Crippen LogP contribution in [0.5, 0.6) is 0 Å². The van der Waals surface area contributed by atoms with Crippen LogP contribution in [0.3, 0.4) is 0 Å². The Morgan fingerprint density at radius 3 is 2.38 bits per heavy atom. The molecular weight excluding hydrogens is 388 g/mol. The van der Waals surface area contributed by atoms with Gasteiger partial charge in [-0.1, -0.05) is 24.3 Å². The Kier molecular flexibility index (Phi) is 6.21. The molecule has 0 spiro atoms. The molecule has 0 aliphatic heterocycles. The summed E-state index contributed by atoms with van der Waals surface area (Å²) in [6.07, 6.45) is 0.286. The average molecular weight is 415 g/mol. The number of hydrogen-bond donors (Lipinski definition) is 2. The summed E-state index contributed by atoms with van der Waals surface area (Å²) in [6, 6.07) is 12.6. The van der Waals surface area contributed by atoms with Crippen molar-refractivity contribution in [1.29, 1.82) is 0 Å². The molecule has 0 aliphatic carbocycles. The summed E-state index contributed by atoms with van der Waals surface area (Å²) in [6.45, 7) is 5.54. The molecule has 3 rings (SSSR count). The topological polar surface area (TPSA) is 90.5 Å². The molecule has 7 heteroatoms. The minimum atomic E-state index is -3.83. The largest absolute Gasteiger partial charge is 0.396 e. The van der Waals surface area contributed by atoms with Gasteiger partial charge in [-0.05, 0) is 67.5 Å². The summed E-state index contributed by atoms with van der Waals surface area (Å²) in [5, 5.41) is 10.1. The number of benzene rings is 2. The van der Waals surface area contributed by atoms with Crippen LogP contribution in [0.2, 0.25) is 0 Å². The Labute approximate surface area is 170 Å². The van der Waals surface area contributed by atoms with Crippen LogP contribution in [0.25, 0.3) is 10.9 Å². The molecule has 2 aromatic carbocycles. The first kappa shape index (κ1) is 21.2. The van der Waals surface area contributed by atoms with Crippen molar-refractivity contribution in [1.82, 2.24) is 9.29 Å². The van der Waals surface area contributed by atoms with Crippen LogP contribution >= 0.6 is 0 Å². The Balaban J connectivity index is 2.05. The maximum atomic E-state index is 13.3. The van der Waals surface area contributed by atoms with E-state index in [1.165, 1.54) is 4.31 Å². The fraction of sp³-hybridized carbons (Fsp3) is 0.318. The van der Waals surface area contributed by atoms with Crippen LogP contribution < -0.4 is 5.56 Å². The van der Waals surface area contributed by atoms with Gasteiger partial charge in [0.05, 0.1) is 10.4 Å². The summed E-state index contributed by atoms with van der Waals surface area (Å²) in [5.74, 6) is 0. The fourth-order valence-electron chi connectivity index (χ4n) is 3.50. The fourth-order valence-corrected chi connectivity index (χ4v) is 5.14. The van der Waals surface area contributed by atoms with Crippen molar-refractivity contribution in [3.63, 3.8) is 0 Å². The van der Waals surface area contributed by atoms with E-state index in [1.54, 1.807) is 18.2 Å². The Bertz CT molecular complexity index is 1180. The predicted molar refractivity (Wildman–Crippen MR) is 115 cm³/mol. The van der Waals surface area contributed by atoms with Crippen LogP contribution in [0.15, 0.2) is 52.2 Å². The number of aromatic nitrogens is 1. The monoisotopic (exact) mass is 414 g/mol. The number of pyridine rings is 1. The number of aliphatic hydroxyl groups excluding tert-OH is 1. The van der Waals surface area contributed by atoms with Crippen molar-refractivity contribution in [2.24, 2.45) is 0 Å². The quantitative estimate of drug-likeness (QED) is 0.622. The van der Waals surface area contributed by atoms with Crippen molar-refractivity contribution >= 4 is 20.9 Å². The van der Waals surface area contributed by atoms with Crippen molar-refractivity contribution in [3.8, 4) is 0 Å². The lowest BCUT2D eigenvalue weighted by atomic mass is 10.1. The molecule has 6 nitrogen and oxygen atoms in total. The van der Waals surface area contributed by atoms with Crippen molar-refractivity contribution in [2.45, 2.75) is 38.6 Å². The average Bonchev–Trinajstić information content (AvgIpc) is 2.65. The Hall–Kier alpha value is -2.48. The predicted octanol–water partition coefficient (Wildman–Crippen LogP) is 3.03. The zero-order valence-electron chi connectivity index (χ0n) is 16.9. The van der Waals surface area contributed by atoms with Gasteiger partial charge in [0.1, 0.15) is 0 Å². The number of H-pyrrole nitrogens is 1. The third kappa shape index (κ3) is 4.58. The Morgan fingerprint density at radius 2 is 1.72 bits per heavy atom. The number of nitrogens with one attached hydrogen (secondary N) is 1. The third-order valence-corrected chi connectivity index (χ3v) is 6.73. The lowest BCUT2D eigenvalue weighted by Gasteiger charge is -2.22. The van der Waals surface area contributed by atoms with Crippen molar-refractivity contribution in [3.05, 3.63) is 75.1 Å². The second-order valence-electron chi connectivity index (χ2n) is 7.40. The number of para-hydroxylation sites is 1. The maximum absolute atomic E-state index is 13.3. The molecule has 0 unspecified atom stereocenters. The SMILES string of the molecule is Cc1cc(C)cc(S(=O)(=O)N(CCCO)Cc2cc3cccc(C)c3[nH]c2=O)c1. The van der Waals surface area contributed by atoms with Gasteiger partial charge in [-0.2, -0.15) is 4.31 Å². The molecule has 29 heavy (non-hydrogen) atoms. The smallest absolute Gasteiger partial charge is 0.252 e. The van der Waals surface area contributed by atoms with Gasteiger partial charge < -0.3 is 10.1 Å². The maximum Gasteiger partial charge on any atom is 0.252 e. The lowest BCUT2D eigenvalue weighted by molar-refractivity contribution is 0.267. The molecule has 1 heterocycles. The molecule has 0 saturated carbocycles. The number of hydrogen-bond acceptors (Lipinski definition) is 4. The molecule has 1 aromatic heterocycles. The van der Waals surface area contributed by atoms with Gasteiger partial charge in [-0.25, -0.2) is 8.42 Å². The van der Waals surface area contributed by atoms with E-state index in [-0.39, 0.29) is 36.6 Å². The highest BCUT2D eigenvalue weighted by molar-refractivity contribution is 7.89. The van der Waals surface area contributed by atoms with Crippen molar-refractivity contribution < 1.29 is 13.5 Å². The zero-order valence-corrected chi connectivity index (χ0v) is 17.7. The number of aliphatic hydroxyl groups is 1. The van der Waals surface area contributed by atoms with E-state index < -0.39 is 10.0 Å². The van der Waals surface area contributed by atoms with Gasteiger partial charge >= 0.3 is 0 Å². The molecule has 0 amide bonds. The van der Waals surface area contributed by atoms with Gasteiger partial charge in [-0.15, -0.1) is 0 Å². The van der Waals surface area contributed by atoms with E-state index >= 15 is 0 Å². The second-order valence-corrected chi connectivity index (χ2v) is 9.34. The highest BCUT2D eigenvalue weighted by Gasteiger charge is 2.26. The van der Waals surface area contributed by atoms with Crippen molar-refractivity contribution in [2.75, 3.05) is 13.2 Å². The number of aryl methyl sites for hydroxylation is 3.